The van der Waals surface area contributed by atoms with E-state index in [0.717, 1.165) is 11.3 Å². The van der Waals surface area contributed by atoms with Gasteiger partial charge in [-0.25, -0.2) is 4.99 Å². The summed E-state index contributed by atoms with van der Waals surface area (Å²) < 4.78 is 5.40. The minimum absolute atomic E-state index is 0.0730. The smallest absolute Gasteiger partial charge is 0.264 e. The van der Waals surface area contributed by atoms with E-state index in [2.05, 4.69) is 10.3 Å². The molecule has 1 aliphatic rings. The van der Waals surface area contributed by atoms with Crippen LogP contribution in [0.5, 0.6) is 11.5 Å². The van der Waals surface area contributed by atoms with Crippen LogP contribution in [-0.4, -0.2) is 22.8 Å². The predicted octanol–water partition coefficient (Wildman–Crippen LogP) is 3.68. The summed E-state index contributed by atoms with van der Waals surface area (Å²) in [7, 11) is 0. The van der Waals surface area contributed by atoms with E-state index >= 15 is 0 Å². The number of thioether (sulfide) groups is 1. The molecule has 2 N–H and O–H groups in total. The zero-order valence-electron chi connectivity index (χ0n) is 13.0. The quantitative estimate of drug-likeness (QED) is 0.833. The Morgan fingerprint density at radius 3 is 2.67 bits per heavy atom. The summed E-state index contributed by atoms with van der Waals surface area (Å²) in [6, 6.07) is 14.2. The molecule has 1 heterocycles. The van der Waals surface area contributed by atoms with Gasteiger partial charge < -0.3 is 15.2 Å². The van der Waals surface area contributed by atoms with E-state index in [1.807, 2.05) is 31.2 Å². The molecule has 24 heavy (non-hydrogen) atoms. The molecule has 3 rings (SSSR count). The maximum absolute atomic E-state index is 12.1. The van der Waals surface area contributed by atoms with Crippen molar-refractivity contribution < 1.29 is 14.6 Å². The van der Waals surface area contributed by atoms with Crippen molar-refractivity contribution in [1.29, 1.82) is 0 Å². The first-order chi connectivity index (χ1) is 11.7. The van der Waals surface area contributed by atoms with Gasteiger partial charge in [-0.15, -0.1) is 0 Å². The molecule has 0 atom stereocenters. The molecule has 6 heteroatoms. The van der Waals surface area contributed by atoms with E-state index in [0.29, 0.717) is 22.4 Å². The molecule has 0 radical (unpaired) electrons. The molecule has 0 aromatic heterocycles. The number of nitrogens with one attached hydrogen (secondary N) is 1. The van der Waals surface area contributed by atoms with E-state index in [9.17, 15) is 9.90 Å². The lowest BCUT2D eigenvalue weighted by Crippen LogP contribution is -2.19. The Bertz CT molecular complexity index is 813. The highest BCUT2D eigenvalue weighted by molar-refractivity contribution is 8.18. The number of rotatable bonds is 4. The molecule has 0 bridgehead atoms. The van der Waals surface area contributed by atoms with Crippen molar-refractivity contribution in [3.63, 3.8) is 0 Å². The minimum Gasteiger partial charge on any atom is -0.506 e. The van der Waals surface area contributed by atoms with Crippen molar-refractivity contribution in [2.75, 3.05) is 6.61 Å². The summed E-state index contributed by atoms with van der Waals surface area (Å²) >= 11 is 1.24. The number of phenols is 1. The Kier molecular flexibility index (Phi) is 4.86. The lowest BCUT2D eigenvalue weighted by atomic mass is 10.2. The number of aliphatic imine (C=N–C) groups is 1. The lowest BCUT2D eigenvalue weighted by Gasteiger charge is -2.02. The van der Waals surface area contributed by atoms with Gasteiger partial charge in [-0.1, -0.05) is 24.3 Å². The standard InChI is InChI=1S/C18H16N2O3S/c1-2-23-13-9-7-12(8-10-13)11-16-17(22)20-18(24-16)19-14-5-3-4-6-15(14)21/h3-11,21H,2H2,1H3,(H,19,20,22). The molecular formula is C18H16N2O3S. The number of para-hydroxylation sites is 2. The normalized spacial score (nSPS) is 17.3. The fourth-order valence-electron chi connectivity index (χ4n) is 2.13. The van der Waals surface area contributed by atoms with Crippen LogP contribution in [0.2, 0.25) is 0 Å². The van der Waals surface area contributed by atoms with Gasteiger partial charge in [0, 0.05) is 0 Å². The molecule has 0 unspecified atom stereocenters. The summed E-state index contributed by atoms with van der Waals surface area (Å²) in [5.41, 5.74) is 1.32. The number of carbonyl (C=O) groups is 1. The summed E-state index contributed by atoms with van der Waals surface area (Å²) in [5.74, 6) is 0.664. The van der Waals surface area contributed by atoms with Crippen LogP contribution >= 0.6 is 11.8 Å². The fraction of sp³-hybridized carbons (Fsp3) is 0.111. The van der Waals surface area contributed by atoms with Crippen LogP contribution in [0.1, 0.15) is 12.5 Å². The predicted molar refractivity (Wildman–Crippen MR) is 96.5 cm³/mol. The topological polar surface area (TPSA) is 70.9 Å². The summed E-state index contributed by atoms with van der Waals surface area (Å²) in [6.07, 6.45) is 1.79. The summed E-state index contributed by atoms with van der Waals surface area (Å²) in [6.45, 7) is 2.55. The number of benzene rings is 2. The number of amides is 1. The zero-order valence-corrected chi connectivity index (χ0v) is 13.8. The number of hydrogen-bond donors (Lipinski definition) is 2. The second-order valence-electron chi connectivity index (χ2n) is 4.97. The molecule has 0 spiro atoms. The average Bonchev–Trinajstić information content (AvgIpc) is 2.91. The first-order valence-corrected chi connectivity index (χ1v) is 8.28. The van der Waals surface area contributed by atoms with Crippen LogP contribution in [0.25, 0.3) is 6.08 Å². The highest BCUT2D eigenvalue weighted by atomic mass is 32.2. The van der Waals surface area contributed by atoms with Crippen LogP contribution in [0.4, 0.5) is 5.69 Å². The van der Waals surface area contributed by atoms with Crippen molar-refractivity contribution >= 4 is 34.6 Å². The van der Waals surface area contributed by atoms with Gasteiger partial charge in [0.2, 0.25) is 0 Å². The average molecular weight is 340 g/mol. The van der Waals surface area contributed by atoms with Crippen LogP contribution in [0.15, 0.2) is 58.4 Å². The van der Waals surface area contributed by atoms with Crippen LogP contribution in [-0.2, 0) is 4.79 Å². The first kappa shape index (κ1) is 16.1. The monoisotopic (exact) mass is 340 g/mol. The Hall–Kier alpha value is -2.73. The van der Waals surface area contributed by atoms with Gasteiger partial charge in [0.1, 0.15) is 17.2 Å². The van der Waals surface area contributed by atoms with Gasteiger partial charge in [0.05, 0.1) is 11.5 Å². The van der Waals surface area contributed by atoms with Gasteiger partial charge >= 0.3 is 0 Å². The number of aromatic hydroxyl groups is 1. The fourth-order valence-corrected chi connectivity index (χ4v) is 2.96. The van der Waals surface area contributed by atoms with Gasteiger partial charge in [-0.05, 0) is 54.6 Å². The second kappa shape index (κ2) is 7.23. The number of hydrogen-bond acceptors (Lipinski definition) is 5. The molecule has 1 aliphatic heterocycles. The second-order valence-corrected chi connectivity index (χ2v) is 6.00. The van der Waals surface area contributed by atoms with Crippen molar-refractivity contribution in [2.24, 2.45) is 4.99 Å². The third kappa shape index (κ3) is 3.78. The molecule has 1 saturated heterocycles. The van der Waals surface area contributed by atoms with E-state index < -0.39 is 0 Å². The highest BCUT2D eigenvalue weighted by Crippen LogP contribution is 2.31. The van der Waals surface area contributed by atoms with Crippen LogP contribution < -0.4 is 10.1 Å². The minimum atomic E-state index is -0.206. The number of phenolic OH excluding ortho intramolecular Hbond substituents is 1. The largest absolute Gasteiger partial charge is 0.506 e. The van der Waals surface area contributed by atoms with Gasteiger partial charge in [-0.2, -0.15) is 0 Å². The third-order valence-corrected chi connectivity index (χ3v) is 4.15. The molecular weight excluding hydrogens is 324 g/mol. The summed E-state index contributed by atoms with van der Waals surface area (Å²) in [5, 5.41) is 12.9. The molecule has 1 amide bonds. The molecule has 2 aromatic rings. The van der Waals surface area contributed by atoms with Gasteiger partial charge in [0.25, 0.3) is 5.91 Å². The lowest BCUT2D eigenvalue weighted by molar-refractivity contribution is -0.115. The first-order valence-electron chi connectivity index (χ1n) is 7.46. The maximum Gasteiger partial charge on any atom is 0.264 e. The Morgan fingerprint density at radius 1 is 1.21 bits per heavy atom. The molecule has 5 nitrogen and oxygen atoms in total. The van der Waals surface area contributed by atoms with Crippen molar-refractivity contribution in [3.05, 3.63) is 59.0 Å². The van der Waals surface area contributed by atoms with Crippen LogP contribution in [0.3, 0.4) is 0 Å². The van der Waals surface area contributed by atoms with Gasteiger partial charge in [-0.3, -0.25) is 4.79 Å². The molecule has 0 aliphatic carbocycles. The van der Waals surface area contributed by atoms with E-state index in [1.54, 1.807) is 30.3 Å². The Morgan fingerprint density at radius 2 is 1.96 bits per heavy atom. The number of amidine groups is 1. The van der Waals surface area contributed by atoms with Crippen molar-refractivity contribution in [3.8, 4) is 11.5 Å². The number of carbonyl (C=O) groups excluding carboxylic acids is 1. The highest BCUT2D eigenvalue weighted by Gasteiger charge is 2.24. The number of ether oxygens (including phenoxy) is 1. The molecule has 2 aromatic carbocycles. The molecule has 1 fully saturated rings. The molecule has 0 saturated carbocycles. The number of nitrogens with zero attached hydrogens (tertiary/aromatic N) is 1. The van der Waals surface area contributed by atoms with E-state index in [-0.39, 0.29) is 11.7 Å². The third-order valence-electron chi connectivity index (χ3n) is 3.24. The Balaban J connectivity index is 1.78. The van der Waals surface area contributed by atoms with Crippen molar-refractivity contribution in [2.45, 2.75) is 6.92 Å². The van der Waals surface area contributed by atoms with E-state index in [1.165, 1.54) is 11.8 Å². The molecule has 122 valence electrons. The maximum atomic E-state index is 12.1. The van der Waals surface area contributed by atoms with Crippen molar-refractivity contribution in [1.82, 2.24) is 5.32 Å². The van der Waals surface area contributed by atoms with E-state index in [4.69, 9.17) is 4.74 Å². The van der Waals surface area contributed by atoms with Crippen LogP contribution in [0, 0.1) is 0 Å². The summed E-state index contributed by atoms with van der Waals surface area (Å²) in [4.78, 5) is 16.9. The Labute approximate surface area is 144 Å². The van der Waals surface area contributed by atoms with Gasteiger partial charge in [0.15, 0.2) is 5.17 Å². The zero-order chi connectivity index (χ0) is 16.9. The SMILES string of the molecule is CCOc1ccc(C=C2SC(=Nc3ccccc3O)NC2=O)cc1.